The van der Waals surface area contributed by atoms with Gasteiger partial charge in [-0.1, -0.05) is 146 Å². The van der Waals surface area contributed by atoms with E-state index in [0.717, 1.165) is 0 Å². The van der Waals surface area contributed by atoms with Crippen LogP contribution in [-0.4, -0.2) is 0 Å². The number of benzene rings is 6. The van der Waals surface area contributed by atoms with Gasteiger partial charge in [-0.05, 0) is 85.1 Å². The summed E-state index contributed by atoms with van der Waals surface area (Å²) in [5, 5.41) is 4.04. The second-order valence-electron chi connectivity index (χ2n) is 12.8. The highest BCUT2D eigenvalue weighted by Gasteiger charge is 2.32. The Morgan fingerprint density at radius 1 is 0.375 bits per heavy atom. The Bertz CT molecular complexity index is 2530. The first-order chi connectivity index (χ1) is 23.8. The fraction of sp³-hybridized carbons (Fsp3) is 0.0435. The summed E-state index contributed by atoms with van der Waals surface area (Å²) in [6, 6.07) is 53.6. The van der Waals surface area contributed by atoms with Crippen molar-refractivity contribution >= 4 is 55.7 Å². The summed E-state index contributed by atoms with van der Waals surface area (Å²) in [6.45, 7) is 0. The van der Waals surface area contributed by atoms with Crippen LogP contribution in [0.5, 0.6) is 0 Å². The lowest BCUT2D eigenvalue weighted by Crippen LogP contribution is -2.14. The minimum absolute atomic E-state index is 0.349. The second-order valence-corrected chi connectivity index (χ2v) is 15.0. The van der Waals surface area contributed by atoms with E-state index >= 15 is 0 Å². The molecule has 0 amide bonds. The highest BCUT2D eigenvalue weighted by Crippen LogP contribution is 2.51. The molecule has 0 radical (unpaired) electrons. The topological polar surface area (TPSA) is 0 Å². The second kappa shape index (κ2) is 11.2. The molecule has 2 aromatic heterocycles. The number of hydrogen-bond donors (Lipinski definition) is 0. The molecule has 0 saturated heterocycles. The molecule has 0 aliphatic heterocycles. The van der Waals surface area contributed by atoms with Crippen LogP contribution in [0.25, 0.3) is 76.1 Å². The molecule has 2 heteroatoms. The van der Waals surface area contributed by atoms with E-state index in [1.165, 1.54) is 85.6 Å². The predicted molar refractivity (Wildman–Crippen MR) is 209 cm³/mol. The van der Waals surface area contributed by atoms with Crippen molar-refractivity contribution in [2.24, 2.45) is 0 Å². The van der Waals surface area contributed by atoms with E-state index in [1.807, 2.05) is 22.7 Å². The molecule has 0 nitrogen and oxygen atoms in total. The molecule has 0 N–H and O–H groups in total. The zero-order valence-electron chi connectivity index (χ0n) is 26.1. The molecular formula is C46H30S2. The SMILES string of the molecule is C1=CC2c3ccc4c(ccc5sc(-c6ccc(-c7ccccc7)cc6)cc54)c3C=CC2c2cc(-c3ccc(-c4ccccc4)cc3)sc21. The van der Waals surface area contributed by atoms with Crippen LogP contribution in [0.15, 0.2) is 158 Å². The Labute approximate surface area is 288 Å². The van der Waals surface area contributed by atoms with Crippen LogP contribution < -0.4 is 0 Å². The molecule has 48 heavy (non-hydrogen) atoms. The van der Waals surface area contributed by atoms with Gasteiger partial charge in [0.05, 0.1) is 0 Å². The molecule has 2 aliphatic carbocycles. The van der Waals surface area contributed by atoms with Crippen LogP contribution in [-0.2, 0) is 0 Å². The predicted octanol–water partition coefficient (Wildman–Crippen LogP) is 13.7. The highest BCUT2D eigenvalue weighted by atomic mass is 32.1. The zero-order valence-corrected chi connectivity index (χ0v) is 27.8. The Morgan fingerprint density at radius 2 is 0.917 bits per heavy atom. The van der Waals surface area contributed by atoms with E-state index in [0.29, 0.717) is 11.8 Å². The summed E-state index contributed by atoms with van der Waals surface area (Å²) in [7, 11) is 0. The molecule has 0 spiro atoms. The van der Waals surface area contributed by atoms with Crippen LogP contribution >= 0.6 is 22.7 Å². The normalized spacial score (nSPS) is 16.2. The summed E-state index contributed by atoms with van der Waals surface area (Å²) < 4.78 is 1.34. The highest BCUT2D eigenvalue weighted by molar-refractivity contribution is 7.22. The van der Waals surface area contributed by atoms with Gasteiger partial charge in [-0.3, -0.25) is 0 Å². The fourth-order valence-corrected chi connectivity index (χ4v) is 9.90. The Balaban J connectivity index is 0.966. The molecule has 8 aromatic rings. The van der Waals surface area contributed by atoms with Crippen LogP contribution in [0.3, 0.4) is 0 Å². The van der Waals surface area contributed by atoms with E-state index in [2.05, 4.69) is 170 Å². The monoisotopic (exact) mass is 646 g/mol. The zero-order chi connectivity index (χ0) is 31.6. The first-order valence-corrected chi connectivity index (χ1v) is 18.2. The van der Waals surface area contributed by atoms with Crippen LogP contribution in [0, 0.1) is 0 Å². The molecule has 0 fully saturated rings. The molecular weight excluding hydrogens is 617 g/mol. The largest absolute Gasteiger partial charge is 0.136 e. The van der Waals surface area contributed by atoms with Crippen molar-refractivity contribution in [1.29, 1.82) is 0 Å². The fourth-order valence-electron chi connectivity index (χ4n) is 7.68. The van der Waals surface area contributed by atoms with Gasteiger partial charge >= 0.3 is 0 Å². The summed E-state index contributed by atoms with van der Waals surface area (Å²) in [5.74, 6) is 0.709. The maximum atomic E-state index is 2.46. The molecule has 2 unspecified atom stereocenters. The Kier molecular flexibility index (Phi) is 6.46. The van der Waals surface area contributed by atoms with Gasteiger partial charge in [-0.2, -0.15) is 0 Å². The first-order valence-electron chi connectivity index (χ1n) is 16.6. The number of rotatable bonds is 4. The lowest BCUT2D eigenvalue weighted by molar-refractivity contribution is 0.728. The van der Waals surface area contributed by atoms with Crippen LogP contribution in [0.4, 0.5) is 0 Å². The van der Waals surface area contributed by atoms with Gasteiger partial charge in [-0.15, -0.1) is 22.7 Å². The Hall–Kier alpha value is -5.28. The van der Waals surface area contributed by atoms with E-state index in [9.17, 15) is 0 Å². The van der Waals surface area contributed by atoms with Gasteiger partial charge in [0.15, 0.2) is 0 Å². The molecule has 6 aromatic carbocycles. The molecule has 10 rings (SSSR count). The van der Waals surface area contributed by atoms with E-state index < -0.39 is 0 Å². The molecule has 0 bridgehead atoms. The third-order valence-electron chi connectivity index (χ3n) is 10.1. The maximum absolute atomic E-state index is 2.46. The average molecular weight is 647 g/mol. The van der Waals surface area contributed by atoms with Crippen molar-refractivity contribution in [3.05, 3.63) is 179 Å². The van der Waals surface area contributed by atoms with E-state index in [1.54, 1.807) is 0 Å². The average Bonchev–Trinajstić information content (AvgIpc) is 3.81. The third-order valence-corrected chi connectivity index (χ3v) is 12.5. The summed E-state index contributed by atoms with van der Waals surface area (Å²) in [6.07, 6.45) is 9.67. The van der Waals surface area contributed by atoms with Crippen molar-refractivity contribution < 1.29 is 0 Å². The van der Waals surface area contributed by atoms with E-state index in [4.69, 9.17) is 0 Å². The number of allylic oxidation sites excluding steroid dienone is 2. The van der Waals surface area contributed by atoms with Crippen LogP contribution in [0.1, 0.15) is 33.4 Å². The van der Waals surface area contributed by atoms with Crippen molar-refractivity contribution in [1.82, 2.24) is 0 Å². The number of thiophene rings is 2. The molecule has 0 saturated carbocycles. The van der Waals surface area contributed by atoms with Gasteiger partial charge in [0.2, 0.25) is 0 Å². The summed E-state index contributed by atoms with van der Waals surface area (Å²) >= 11 is 3.80. The Morgan fingerprint density at radius 3 is 1.58 bits per heavy atom. The van der Waals surface area contributed by atoms with Gasteiger partial charge in [-0.25, -0.2) is 0 Å². The quantitative estimate of drug-likeness (QED) is 0.178. The van der Waals surface area contributed by atoms with Crippen molar-refractivity contribution in [3.8, 4) is 43.1 Å². The molecule has 2 atom stereocenters. The van der Waals surface area contributed by atoms with Crippen molar-refractivity contribution in [2.75, 3.05) is 0 Å². The molecule has 2 aliphatic rings. The lowest BCUT2D eigenvalue weighted by atomic mass is 9.72. The van der Waals surface area contributed by atoms with Crippen molar-refractivity contribution in [2.45, 2.75) is 11.8 Å². The number of hydrogen-bond acceptors (Lipinski definition) is 2. The third kappa shape index (κ3) is 4.56. The van der Waals surface area contributed by atoms with Gasteiger partial charge in [0.1, 0.15) is 0 Å². The van der Waals surface area contributed by atoms with Gasteiger partial charge in [0, 0.05) is 36.6 Å². The molecule has 226 valence electrons. The van der Waals surface area contributed by atoms with Gasteiger partial charge in [0.25, 0.3) is 0 Å². The molecule has 2 heterocycles. The van der Waals surface area contributed by atoms with E-state index in [-0.39, 0.29) is 0 Å². The summed E-state index contributed by atoms with van der Waals surface area (Å²) in [4.78, 5) is 4.04. The summed E-state index contributed by atoms with van der Waals surface area (Å²) in [5.41, 5.74) is 11.8. The smallest absolute Gasteiger partial charge is 0.0355 e. The van der Waals surface area contributed by atoms with Crippen LogP contribution in [0.2, 0.25) is 0 Å². The minimum atomic E-state index is 0.349. The van der Waals surface area contributed by atoms with Gasteiger partial charge < -0.3 is 0 Å². The minimum Gasteiger partial charge on any atom is -0.136 e. The lowest BCUT2D eigenvalue weighted by Gasteiger charge is -2.31. The standard InChI is InChI=1S/C46H30S2/c1-3-7-29(8-4-1)31-11-15-33(16-12-31)45-27-41-39-21-19-36-35(37(39)23-25-43(41)47-45)20-22-40-38(36)24-26-44-42(40)28-46(48-44)34-17-13-32(14-18-34)30-9-5-2-6-10-30/h1-28,37,39H. The van der Waals surface area contributed by atoms with Crippen molar-refractivity contribution in [3.63, 3.8) is 0 Å². The maximum Gasteiger partial charge on any atom is 0.0355 e. The first kappa shape index (κ1) is 27.8. The number of fused-ring (bicyclic) bond motifs is 9.